The van der Waals surface area contributed by atoms with Gasteiger partial charge in [-0.15, -0.1) is 21.5 Å². The molecule has 26 heavy (non-hydrogen) atoms. The lowest BCUT2D eigenvalue weighted by molar-refractivity contribution is 0.0681. The number of carboxylic acid groups (broad SMARTS) is 1. The van der Waals surface area contributed by atoms with Crippen LogP contribution in [0.4, 0.5) is 0 Å². The normalized spacial score (nSPS) is 11.8. The second-order valence-electron chi connectivity index (χ2n) is 5.75. The Bertz CT molecular complexity index is 1020. The fourth-order valence-corrected chi connectivity index (χ4v) is 4.12. The van der Waals surface area contributed by atoms with Gasteiger partial charge in [0.2, 0.25) is 5.82 Å². The molecule has 6 nitrogen and oxygen atoms in total. The maximum absolute atomic E-state index is 11.6. The van der Waals surface area contributed by atoms with Gasteiger partial charge in [0.05, 0.1) is 5.71 Å². The Morgan fingerprint density at radius 2 is 1.85 bits per heavy atom. The Kier molecular flexibility index (Phi) is 4.93. The number of nitrogens with zero attached hydrogens (tertiary/aromatic N) is 4. The first-order valence-electron chi connectivity index (χ1n) is 7.84. The van der Waals surface area contributed by atoms with Crippen molar-refractivity contribution in [1.82, 2.24) is 14.8 Å². The summed E-state index contributed by atoms with van der Waals surface area (Å²) in [5.74, 6) is -0.727. The molecule has 2 aromatic heterocycles. The zero-order valence-corrected chi connectivity index (χ0v) is 16.3. The van der Waals surface area contributed by atoms with E-state index in [4.69, 9.17) is 11.6 Å². The fraction of sp³-hybridized carbons (Fsp3) is 0.222. The number of aromatic nitrogens is 3. The summed E-state index contributed by atoms with van der Waals surface area (Å²) in [5.41, 5.74) is 3.59. The van der Waals surface area contributed by atoms with Gasteiger partial charge >= 0.3 is 5.97 Å². The number of halogens is 1. The lowest BCUT2D eigenvalue weighted by Crippen LogP contribution is -2.13. The van der Waals surface area contributed by atoms with E-state index in [2.05, 4.69) is 15.2 Å². The molecule has 0 aliphatic carbocycles. The van der Waals surface area contributed by atoms with Gasteiger partial charge in [-0.3, -0.25) is 9.56 Å². The van der Waals surface area contributed by atoms with Gasteiger partial charge in [-0.2, -0.15) is 0 Å². The van der Waals surface area contributed by atoms with Crippen LogP contribution in [0.25, 0.3) is 5.00 Å². The topological polar surface area (TPSA) is 80.4 Å². The summed E-state index contributed by atoms with van der Waals surface area (Å²) >= 11 is 7.50. The Morgan fingerprint density at radius 3 is 2.42 bits per heavy atom. The van der Waals surface area contributed by atoms with Crippen molar-refractivity contribution in [2.24, 2.45) is 4.99 Å². The van der Waals surface area contributed by atoms with Crippen molar-refractivity contribution in [2.45, 2.75) is 20.8 Å². The van der Waals surface area contributed by atoms with Crippen molar-refractivity contribution in [3.8, 4) is 5.00 Å². The molecule has 3 aromatic rings. The molecule has 0 radical (unpaired) electrons. The maximum Gasteiger partial charge on any atom is 0.374 e. The van der Waals surface area contributed by atoms with E-state index < -0.39 is 5.97 Å². The SMILES string of the molecule is CN=C(c1ccc(Cl)cc1)c1c(-n2c(C)nnc2C(=O)O)sc(C)c1C. The van der Waals surface area contributed by atoms with Gasteiger partial charge < -0.3 is 5.11 Å². The molecule has 1 N–H and O–H groups in total. The average molecular weight is 389 g/mol. The summed E-state index contributed by atoms with van der Waals surface area (Å²) < 4.78 is 1.57. The Balaban J connectivity index is 2.29. The highest BCUT2D eigenvalue weighted by Crippen LogP contribution is 2.34. The third kappa shape index (κ3) is 3.04. The molecule has 2 heterocycles. The minimum absolute atomic E-state index is 0.114. The monoisotopic (exact) mass is 388 g/mol. The number of aromatic carboxylic acids is 1. The van der Waals surface area contributed by atoms with E-state index >= 15 is 0 Å². The number of aliphatic imine (C=N–C) groups is 1. The van der Waals surface area contributed by atoms with Crippen LogP contribution in [0.1, 0.15) is 38.0 Å². The van der Waals surface area contributed by atoms with Crippen molar-refractivity contribution >= 4 is 34.6 Å². The summed E-state index contributed by atoms with van der Waals surface area (Å²) in [6, 6.07) is 7.42. The van der Waals surface area contributed by atoms with E-state index in [9.17, 15) is 9.90 Å². The second kappa shape index (κ2) is 7.01. The van der Waals surface area contributed by atoms with E-state index in [0.717, 1.165) is 32.3 Å². The molecule has 0 bridgehead atoms. The third-order valence-electron chi connectivity index (χ3n) is 4.16. The van der Waals surface area contributed by atoms with Crippen LogP contribution in [0.3, 0.4) is 0 Å². The molecule has 8 heteroatoms. The highest BCUT2D eigenvalue weighted by atomic mass is 35.5. The molecule has 0 aliphatic heterocycles. The van der Waals surface area contributed by atoms with E-state index in [0.29, 0.717) is 10.8 Å². The summed E-state index contributed by atoms with van der Waals surface area (Å²) in [5, 5.41) is 18.6. The number of carboxylic acids is 1. The highest BCUT2D eigenvalue weighted by molar-refractivity contribution is 7.15. The molecule has 3 rings (SSSR count). The average Bonchev–Trinajstić information content (AvgIpc) is 3.12. The maximum atomic E-state index is 11.6. The first kappa shape index (κ1) is 18.3. The van der Waals surface area contributed by atoms with Crippen LogP contribution in [0.2, 0.25) is 5.02 Å². The zero-order chi connectivity index (χ0) is 19.0. The molecule has 0 fully saturated rings. The zero-order valence-electron chi connectivity index (χ0n) is 14.7. The van der Waals surface area contributed by atoms with Crippen molar-refractivity contribution in [2.75, 3.05) is 7.05 Å². The van der Waals surface area contributed by atoms with Gasteiger partial charge in [0.15, 0.2) is 0 Å². The largest absolute Gasteiger partial charge is 0.475 e. The van der Waals surface area contributed by atoms with Crippen molar-refractivity contribution in [1.29, 1.82) is 0 Å². The second-order valence-corrected chi connectivity index (χ2v) is 7.39. The number of thiophene rings is 1. The smallest absolute Gasteiger partial charge is 0.374 e. The number of hydrogen-bond acceptors (Lipinski definition) is 5. The van der Waals surface area contributed by atoms with Crippen LogP contribution in [-0.4, -0.2) is 38.6 Å². The molecule has 0 spiro atoms. The quantitative estimate of drug-likeness (QED) is 0.683. The Morgan fingerprint density at radius 1 is 1.19 bits per heavy atom. The number of benzene rings is 1. The van der Waals surface area contributed by atoms with Crippen LogP contribution >= 0.6 is 22.9 Å². The van der Waals surface area contributed by atoms with Crippen LogP contribution in [0.15, 0.2) is 29.3 Å². The Hall–Kier alpha value is -2.51. The third-order valence-corrected chi connectivity index (χ3v) is 5.61. The van der Waals surface area contributed by atoms with Crippen molar-refractivity contribution in [3.05, 3.63) is 62.5 Å². The lowest BCUT2D eigenvalue weighted by atomic mass is 10.00. The number of rotatable bonds is 4. The van der Waals surface area contributed by atoms with Gasteiger partial charge in [-0.25, -0.2) is 4.79 Å². The predicted octanol–water partition coefficient (Wildman–Crippen LogP) is 4.07. The molecular formula is C18H17ClN4O2S. The van der Waals surface area contributed by atoms with Crippen LogP contribution in [-0.2, 0) is 0 Å². The van der Waals surface area contributed by atoms with E-state index in [1.54, 1.807) is 18.5 Å². The molecule has 0 saturated carbocycles. The highest BCUT2D eigenvalue weighted by Gasteiger charge is 2.25. The molecule has 134 valence electrons. The summed E-state index contributed by atoms with van der Waals surface area (Å²) in [6.07, 6.45) is 0. The molecule has 0 saturated heterocycles. The molecule has 1 aromatic carbocycles. The number of aryl methyl sites for hydroxylation is 2. The van der Waals surface area contributed by atoms with Gasteiger partial charge in [-0.1, -0.05) is 23.7 Å². The van der Waals surface area contributed by atoms with Crippen molar-refractivity contribution in [3.63, 3.8) is 0 Å². The van der Waals surface area contributed by atoms with Gasteiger partial charge in [0.25, 0.3) is 0 Å². The van der Waals surface area contributed by atoms with Crippen LogP contribution in [0, 0.1) is 20.8 Å². The van der Waals surface area contributed by atoms with Gasteiger partial charge in [0, 0.05) is 28.1 Å². The summed E-state index contributed by atoms with van der Waals surface area (Å²) in [6.45, 7) is 5.74. The van der Waals surface area contributed by atoms with Crippen LogP contribution in [0.5, 0.6) is 0 Å². The standard InChI is InChI=1S/C18H17ClN4O2S/c1-9-10(2)26-17(23-11(3)21-22-16(23)18(24)25)14(9)15(20-4)12-5-7-13(19)8-6-12/h5-8H,1-4H3,(H,24,25). The van der Waals surface area contributed by atoms with Crippen LogP contribution < -0.4 is 0 Å². The number of carbonyl (C=O) groups is 1. The number of hydrogen-bond donors (Lipinski definition) is 1. The first-order valence-corrected chi connectivity index (χ1v) is 9.03. The van der Waals surface area contributed by atoms with E-state index in [1.807, 2.05) is 38.1 Å². The molecular weight excluding hydrogens is 372 g/mol. The van der Waals surface area contributed by atoms with E-state index in [-0.39, 0.29) is 5.82 Å². The molecule has 0 atom stereocenters. The lowest BCUT2D eigenvalue weighted by Gasteiger charge is -2.12. The van der Waals surface area contributed by atoms with Gasteiger partial charge in [-0.05, 0) is 38.5 Å². The first-order chi connectivity index (χ1) is 12.3. The molecule has 0 aliphatic rings. The summed E-state index contributed by atoms with van der Waals surface area (Å²) in [7, 11) is 1.72. The minimum Gasteiger partial charge on any atom is -0.475 e. The fourth-order valence-electron chi connectivity index (χ4n) is 2.78. The van der Waals surface area contributed by atoms with E-state index in [1.165, 1.54) is 11.3 Å². The van der Waals surface area contributed by atoms with Gasteiger partial charge in [0.1, 0.15) is 10.8 Å². The van der Waals surface area contributed by atoms with Crippen molar-refractivity contribution < 1.29 is 9.90 Å². The Labute approximate surface area is 159 Å². The minimum atomic E-state index is -1.12. The molecule has 0 unspecified atom stereocenters. The predicted molar refractivity (Wildman–Crippen MR) is 103 cm³/mol. The summed E-state index contributed by atoms with van der Waals surface area (Å²) in [4.78, 5) is 17.2. The molecule has 0 amide bonds.